The van der Waals surface area contributed by atoms with Crippen molar-refractivity contribution >= 4 is 55.6 Å². The van der Waals surface area contributed by atoms with Gasteiger partial charge >= 0.3 is 0 Å². The molecule has 0 atom stereocenters. The number of nitrogens with zero attached hydrogens (tertiary/aromatic N) is 2. The van der Waals surface area contributed by atoms with E-state index in [0.29, 0.717) is 0 Å². The van der Waals surface area contributed by atoms with Crippen LogP contribution in [0.1, 0.15) is 5.56 Å². The molecule has 0 saturated carbocycles. The van der Waals surface area contributed by atoms with Crippen molar-refractivity contribution in [2.75, 3.05) is 9.80 Å². The van der Waals surface area contributed by atoms with Crippen LogP contribution in [0.2, 0.25) is 0 Å². The number of hydrogen-bond acceptors (Lipinski definition) is 2. The molecule has 7 aromatic rings. The molecule has 0 aliphatic carbocycles. The number of para-hydroxylation sites is 2. The van der Waals surface area contributed by atoms with E-state index in [1.165, 1.54) is 21.5 Å². The molecule has 0 aliphatic heterocycles. The normalized spacial score (nSPS) is 11.1. The van der Waals surface area contributed by atoms with Crippen LogP contribution in [0.15, 0.2) is 201 Å². The second-order valence-electron chi connectivity index (χ2n) is 11.3. The minimum absolute atomic E-state index is 0.853. The zero-order chi connectivity index (χ0) is 31.3. The summed E-state index contributed by atoms with van der Waals surface area (Å²) >= 11 is 0. The van der Waals surface area contributed by atoms with Gasteiger partial charge in [-0.15, -0.1) is 0 Å². The van der Waals surface area contributed by atoms with Crippen LogP contribution in [0.3, 0.4) is 0 Å². The molecule has 0 aliphatic rings. The largest absolute Gasteiger partial charge is 0.311 e. The van der Waals surface area contributed by atoms with Gasteiger partial charge in [0, 0.05) is 34.1 Å². The second-order valence-corrected chi connectivity index (χ2v) is 11.3. The van der Waals surface area contributed by atoms with Crippen LogP contribution in [0.5, 0.6) is 0 Å². The second kappa shape index (κ2) is 12.9. The average molecular weight is 591 g/mol. The maximum absolute atomic E-state index is 4.47. The first kappa shape index (κ1) is 28.6. The van der Waals surface area contributed by atoms with Gasteiger partial charge in [-0.3, -0.25) is 0 Å². The number of allylic oxidation sites excluding steroid dienone is 3. The van der Waals surface area contributed by atoms with E-state index in [9.17, 15) is 0 Å². The van der Waals surface area contributed by atoms with Crippen molar-refractivity contribution in [3.8, 4) is 0 Å². The van der Waals surface area contributed by atoms with Gasteiger partial charge in [0.25, 0.3) is 0 Å². The number of anilines is 5. The van der Waals surface area contributed by atoms with Gasteiger partial charge in [-0.25, -0.2) is 0 Å². The Bertz CT molecular complexity index is 2180. The first-order valence-corrected chi connectivity index (χ1v) is 15.5. The summed E-state index contributed by atoms with van der Waals surface area (Å²) in [4.78, 5) is 4.47. The molecule has 7 aromatic carbocycles. The quantitative estimate of drug-likeness (QED) is 0.154. The maximum Gasteiger partial charge on any atom is 0.0468 e. The highest BCUT2D eigenvalue weighted by atomic mass is 15.1. The van der Waals surface area contributed by atoms with E-state index in [0.717, 1.165) is 45.3 Å². The Labute approximate surface area is 271 Å². The highest BCUT2D eigenvalue weighted by Gasteiger charge is 2.14. The lowest BCUT2D eigenvalue weighted by atomic mass is 10.0. The Morgan fingerprint density at radius 3 is 1.46 bits per heavy atom. The lowest BCUT2D eigenvalue weighted by Crippen LogP contribution is -2.14. The summed E-state index contributed by atoms with van der Waals surface area (Å²) in [5.74, 6) is 0. The molecule has 220 valence electrons. The van der Waals surface area contributed by atoms with Gasteiger partial charge in [0.2, 0.25) is 0 Å². The van der Waals surface area contributed by atoms with E-state index in [-0.39, 0.29) is 0 Å². The third kappa shape index (κ3) is 5.97. The van der Waals surface area contributed by atoms with Crippen molar-refractivity contribution in [2.24, 2.45) is 0 Å². The fourth-order valence-corrected chi connectivity index (χ4v) is 5.91. The first-order valence-electron chi connectivity index (χ1n) is 15.5. The Hall–Kier alpha value is -6.12. The number of fused-ring (bicyclic) bond motifs is 2. The van der Waals surface area contributed by atoms with E-state index in [4.69, 9.17) is 0 Å². The van der Waals surface area contributed by atoms with Gasteiger partial charge in [-0.1, -0.05) is 128 Å². The summed E-state index contributed by atoms with van der Waals surface area (Å²) in [5.41, 5.74) is 8.23. The molecule has 0 unspecified atom stereocenters. The predicted molar refractivity (Wildman–Crippen MR) is 198 cm³/mol. The molecule has 0 fully saturated rings. The molecule has 0 N–H and O–H groups in total. The Kier molecular flexibility index (Phi) is 8.00. The predicted octanol–water partition coefficient (Wildman–Crippen LogP) is 12.4. The average Bonchev–Trinajstić information content (AvgIpc) is 3.12. The number of rotatable bonds is 9. The topological polar surface area (TPSA) is 6.48 Å². The van der Waals surface area contributed by atoms with Crippen LogP contribution in [-0.4, -0.2) is 0 Å². The molecule has 0 bridgehead atoms. The fraction of sp³-hybridized carbons (Fsp3) is 0. The third-order valence-corrected chi connectivity index (χ3v) is 8.27. The van der Waals surface area contributed by atoms with E-state index < -0.39 is 0 Å². The molecule has 2 heteroatoms. The SMILES string of the molecule is C=C(/C=C\C(=C)N(c1ccccc1)c1ccc2ccccc2c1)c1ccc(N(c2ccccc2)c2ccc3ccccc3c2)cc1. The van der Waals surface area contributed by atoms with Crippen molar-refractivity contribution in [3.05, 3.63) is 206 Å². The molecular weight excluding hydrogens is 556 g/mol. The van der Waals surface area contributed by atoms with Gasteiger partial charge in [0.15, 0.2) is 0 Å². The highest BCUT2D eigenvalue weighted by molar-refractivity contribution is 5.90. The molecule has 0 heterocycles. The number of benzene rings is 7. The maximum atomic E-state index is 4.47. The lowest BCUT2D eigenvalue weighted by Gasteiger charge is -2.26. The Balaban J connectivity index is 1.16. The summed E-state index contributed by atoms with van der Waals surface area (Å²) in [6, 6.07) is 59.5. The summed E-state index contributed by atoms with van der Waals surface area (Å²) in [6.45, 7) is 8.88. The molecule has 2 nitrogen and oxygen atoms in total. The fourth-order valence-electron chi connectivity index (χ4n) is 5.91. The van der Waals surface area contributed by atoms with Gasteiger partial charge in [0.1, 0.15) is 0 Å². The third-order valence-electron chi connectivity index (χ3n) is 8.27. The van der Waals surface area contributed by atoms with Crippen LogP contribution in [0.4, 0.5) is 28.4 Å². The van der Waals surface area contributed by atoms with Gasteiger partial charge in [0.05, 0.1) is 0 Å². The lowest BCUT2D eigenvalue weighted by molar-refractivity contribution is 1.22. The van der Waals surface area contributed by atoms with Crippen LogP contribution in [0, 0.1) is 0 Å². The van der Waals surface area contributed by atoms with Crippen LogP contribution >= 0.6 is 0 Å². The summed E-state index contributed by atoms with van der Waals surface area (Å²) < 4.78 is 0. The zero-order valence-corrected chi connectivity index (χ0v) is 25.6. The monoisotopic (exact) mass is 590 g/mol. The van der Waals surface area contributed by atoms with Gasteiger partial charge < -0.3 is 9.80 Å². The summed E-state index contributed by atoms with van der Waals surface area (Å²) in [6.07, 6.45) is 4.09. The minimum atomic E-state index is 0.853. The van der Waals surface area contributed by atoms with Crippen LogP contribution < -0.4 is 9.80 Å². The standard InChI is InChI=1S/C44H34N2/c1-33(21-22-34(2)45(40-17-5-3-6-18-40)43-29-25-36-13-9-11-15-38(36)31-43)35-23-27-42(28-24-35)46(41-19-7-4-8-20-41)44-30-26-37-14-10-12-16-39(37)32-44/h3-32H,1-2H2/b22-21-. The molecule has 0 spiro atoms. The summed E-state index contributed by atoms with van der Waals surface area (Å²) in [5, 5.41) is 4.84. The van der Waals surface area contributed by atoms with E-state index in [1.807, 2.05) is 24.3 Å². The van der Waals surface area contributed by atoms with Gasteiger partial charge in [-0.05, 0) is 99.4 Å². The molecule has 46 heavy (non-hydrogen) atoms. The summed E-state index contributed by atoms with van der Waals surface area (Å²) in [7, 11) is 0. The highest BCUT2D eigenvalue weighted by Crippen LogP contribution is 2.37. The minimum Gasteiger partial charge on any atom is -0.311 e. The molecule has 0 aromatic heterocycles. The molecule has 7 rings (SSSR count). The van der Waals surface area contributed by atoms with E-state index in [2.05, 4.69) is 181 Å². The van der Waals surface area contributed by atoms with Crippen LogP contribution in [-0.2, 0) is 0 Å². The van der Waals surface area contributed by atoms with E-state index >= 15 is 0 Å². The number of hydrogen-bond donors (Lipinski definition) is 0. The van der Waals surface area contributed by atoms with Gasteiger partial charge in [-0.2, -0.15) is 0 Å². The molecule has 0 radical (unpaired) electrons. The van der Waals surface area contributed by atoms with Crippen molar-refractivity contribution in [2.45, 2.75) is 0 Å². The van der Waals surface area contributed by atoms with Crippen molar-refractivity contribution in [3.63, 3.8) is 0 Å². The smallest absolute Gasteiger partial charge is 0.0468 e. The van der Waals surface area contributed by atoms with Crippen molar-refractivity contribution < 1.29 is 0 Å². The van der Waals surface area contributed by atoms with Crippen LogP contribution in [0.25, 0.3) is 27.1 Å². The molecule has 0 saturated heterocycles. The van der Waals surface area contributed by atoms with E-state index in [1.54, 1.807) is 0 Å². The molecular formula is C44H34N2. The van der Waals surface area contributed by atoms with Crippen molar-refractivity contribution in [1.29, 1.82) is 0 Å². The Morgan fingerprint density at radius 2 is 0.848 bits per heavy atom. The Morgan fingerprint density at radius 1 is 0.391 bits per heavy atom. The molecule has 0 amide bonds. The first-order chi connectivity index (χ1) is 22.6. The zero-order valence-electron chi connectivity index (χ0n) is 25.6. The van der Waals surface area contributed by atoms with Crippen molar-refractivity contribution in [1.82, 2.24) is 0 Å².